The Hall–Kier alpha value is -1.07. The van der Waals surface area contributed by atoms with Crippen LogP contribution < -0.4 is 5.32 Å². The lowest BCUT2D eigenvalue weighted by Crippen LogP contribution is -2.37. The summed E-state index contributed by atoms with van der Waals surface area (Å²) in [5, 5.41) is 2.96. The largest absolute Gasteiger partial charge is 0.349 e. The van der Waals surface area contributed by atoms with Gasteiger partial charge in [0.15, 0.2) is 0 Å². The minimum Gasteiger partial charge on any atom is -0.349 e. The van der Waals surface area contributed by atoms with Gasteiger partial charge in [0.05, 0.1) is 4.90 Å². The molecule has 0 aromatic heterocycles. The van der Waals surface area contributed by atoms with Crippen molar-refractivity contribution in [2.75, 3.05) is 0 Å². The van der Waals surface area contributed by atoms with Crippen molar-refractivity contribution in [3.8, 4) is 0 Å². The van der Waals surface area contributed by atoms with Gasteiger partial charge in [-0.25, -0.2) is 8.42 Å². The minimum absolute atomic E-state index is 0.0518. The van der Waals surface area contributed by atoms with Gasteiger partial charge in [0.25, 0.3) is 15.0 Å². The molecule has 0 saturated heterocycles. The number of benzene rings is 1. The lowest BCUT2D eigenvalue weighted by atomic mass is 9.87. The van der Waals surface area contributed by atoms with Crippen molar-refractivity contribution >= 4 is 25.6 Å². The Morgan fingerprint density at radius 1 is 1.25 bits per heavy atom. The molecule has 20 heavy (non-hydrogen) atoms. The molecule has 1 aliphatic carbocycles. The minimum atomic E-state index is -3.81. The zero-order valence-corrected chi connectivity index (χ0v) is 12.9. The molecule has 1 aromatic rings. The summed E-state index contributed by atoms with van der Waals surface area (Å²) in [6.45, 7) is 2.22. The van der Waals surface area contributed by atoms with Crippen LogP contribution in [-0.4, -0.2) is 20.4 Å². The Labute approximate surface area is 123 Å². The second-order valence-corrected chi connectivity index (χ2v) is 7.96. The summed E-state index contributed by atoms with van der Waals surface area (Å²) < 4.78 is 22.5. The monoisotopic (exact) mass is 315 g/mol. The molecule has 4 nitrogen and oxygen atoms in total. The van der Waals surface area contributed by atoms with Crippen LogP contribution in [-0.2, 0) is 9.05 Å². The number of nitrogens with one attached hydrogen (secondary N) is 1. The van der Waals surface area contributed by atoms with E-state index in [0.717, 1.165) is 25.7 Å². The molecule has 1 fully saturated rings. The van der Waals surface area contributed by atoms with Crippen LogP contribution in [0.1, 0.15) is 43.0 Å². The van der Waals surface area contributed by atoms with E-state index in [4.69, 9.17) is 10.7 Å². The van der Waals surface area contributed by atoms with E-state index in [1.807, 2.05) is 0 Å². The first-order chi connectivity index (χ1) is 9.36. The van der Waals surface area contributed by atoms with Gasteiger partial charge >= 0.3 is 0 Å². The fourth-order valence-electron chi connectivity index (χ4n) is 2.46. The molecular weight excluding hydrogens is 298 g/mol. The van der Waals surface area contributed by atoms with Crippen molar-refractivity contribution in [2.45, 2.75) is 43.5 Å². The third-order valence-electron chi connectivity index (χ3n) is 3.73. The van der Waals surface area contributed by atoms with Crippen molar-refractivity contribution in [3.05, 3.63) is 29.8 Å². The number of halogens is 1. The molecule has 1 amide bonds. The van der Waals surface area contributed by atoms with Gasteiger partial charge in [-0.1, -0.05) is 13.0 Å². The first kappa shape index (κ1) is 15.3. The van der Waals surface area contributed by atoms with Gasteiger partial charge in [0.1, 0.15) is 0 Å². The van der Waals surface area contributed by atoms with E-state index in [9.17, 15) is 13.2 Å². The van der Waals surface area contributed by atoms with Crippen molar-refractivity contribution in [2.24, 2.45) is 5.92 Å². The van der Waals surface area contributed by atoms with E-state index in [1.165, 1.54) is 18.2 Å². The maximum Gasteiger partial charge on any atom is 0.261 e. The van der Waals surface area contributed by atoms with Gasteiger partial charge in [-0.15, -0.1) is 0 Å². The molecule has 0 aliphatic heterocycles. The number of hydrogen-bond acceptors (Lipinski definition) is 3. The fourth-order valence-corrected chi connectivity index (χ4v) is 3.26. The van der Waals surface area contributed by atoms with E-state index in [0.29, 0.717) is 11.5 Å². The Morgan fingerprint density at radius 2 is 1.90 bits per heavy atom. The van der Waals surface area contributed by atoms with Crippen LogP contribution in [0.4, 0.5) is 0 Å². The van der Waals surface area contributed by atoms with Crippen LogP contribution in [0.2, 0.25) is 0 Å². The van der Waals surface area contributed by atoms with E-state index in [1.54, 1.807) is 6.07 Å². The van der Waals surface area contributed by atoms with E-state index < -0.39 is 9.05 Å². The van der Waals surface area contributed by atoms with Crippen LogP contribution in [0, 0.1) is 5.92 Å². The van der Waals surface area contributed by atoms with E-state index >= 15 is 0 Å². The van der Waals surface area contributed by atoms with Crippen LogP contribution in [0.25, 0.3) is 0 Å². The topological polar surface area (TPSA) is 63.2 Å². The molecule has 0 radical (unpaired) electrons. The summed E-state index contributed by atoms with van der Waals surface area (Å²) >= 11 is 0. The molecule has 1 aliphatic rings. The van der Waals surface area contributed by atoms with Crippen molar-refractivity contribution in [3.63, 3.8) is 0 Å². The lowest BCUT2D eigenvalue weighted by Gasteiger charge is -2.26. The van der Waals surface area contributed by atoms with Crippen molar-refractivity contribution < 1.29 is 13.2 Å². The molecule has 6 heteroatoms. The number of rotatable bonds is 3. The van der Waals surface area contributed by atoms with Gasteiger partial charge in [-0.2, -0.15) is 0 Å². The Bertz CT molecular complexity index is 592. The first-order valence-electron chi connectivity index (χ1n) is 6.72. The highest BCUT2D eigenvalue weighted by Gasteiger charge is 2.21. The highest BCUT2D eigenvalue weighted by atomic mass is 35.7. The average Bonchev–Trinajstić information content (AvgIpc) is 2.40. The predicted octanol–water partition coefficient (Wildman–Crippen LogP) is 2.92. The second-order valence-electron chi connectivity index (χ2n) is 5.40. The fraction of sp³-hybridized carbons (Fsp3) is 0.500. The highest BCUT2D eigenvalue weighted by Crippen LogP contribution is 2.24. The zero-order chi connectivity index (χ0) is 14.8. The van der Waals surface area contributed by atoms with E-state index in [-0.39, 0.29) is 16.8 Å². The van der Waals surface area contributed by atoms with Crippen LogP contribution in [0.3, 0.4) is 0 Å². The quantitative estimate of drug-likeness (QED) is 0.872. The van der Waals surface area contributed by atoms with Gasteiger partial charge in [-0.05, 0) is 49.8 Å². The standard InChI is InChI=1S/C14H18ClNO3S/c1-10-5-7-12(8-6-10)16-14(17)11-3-2-4-13(9-11)20(15,18)19/h2-4,9-10,12H,5-8H2,1H3,(H,16,17). The molecule has 1 N–H and O–H groups in total. The van der Waals surface area contributed by atoms with Gasteiger partial charge in [0.2, 0.25) is 0 Å². The number of amides is 1. The SMILES string of the molecule is CC1CCC(NC(=O)c2cccc(S(=O)(=O)Cl)c2)CC1. The third kappa shape index (κ3) is 3.96. The molecular formula is C14H18ClNO3S. The Balaban J connectivity index is 2.06. The summed E-state index contributed by atoms with van der Waals surface area (Å²) in [5.41, 5.74) is 0.324. The maximum absolute atomic E-state index is 12.1. The van der Waals surface area contributed by atoms with Crippen molar-refractivity contribution in [1.29, 1.82) is 0 Å². The summed E-state index contributed by atoms with van der Waals surface area (Å²) in [6.07, 6.45) is 4.17. The molecule has 0 unspecified atom stereocenters. The summed E-state index contributed by atoms with van der Waals surface area (Å²) in [6, 6.07) is 5.97. The van der Waals surface area contributed by atoms with Crippen molar-refractivity contribution in [1.82, 2.24) is 5.32 Å². The summed E-state index contributed by atoms with van der Waals surface area (Å²) in [7, 11) is 1.48. The Morgan fingerprint density at radius 3 is 2.50 bits per heavy atom. The molecule has 1 aromatic carbocycles. The molecule has 0 bridgehead atoms. The van der Waals surface area contributed by atoms with Gasteiger partial charge < -0.3 is 5.32 Å². The lowest BCUT2D eigenvalue weighted by molar-refractivity contribution is 0.0923. The normalized spacial score (nSPS) is 23.3. The molecule has 0 spiro atoms. The van der Waals surface area contributed by atoms with Crippen LogP contribution >= 0.6 is 10.7 Å². The number of carbonyl (C=O) groups is 1. The average molecular weight is 316 g/mol. The second kappa shape index (κ2) is 6.14. The highest BCUT2D eigenvalue weighted by molar-refractivity contribution is 8.13. The van der Waals surface area contributed by atoms with E-state index in [2.05, 4.69) is 12.2 Å². The predicted molar refractivity (Wildman–Crippen MR) is 78.4 cm³/mol. The van der Waals surface area contributed by atoms with Gasteiger partial charge in [-0.3, -0.25) is 4.79 Å². The van der Waals surface area contributed by atoms with Crippen LogP contribution in [0.15, 0.2) is 29.2 Å². The van der Waals surface area contributed by atoms with Gasteiger partial charge in [0, 0.05) is 22.3 Å². The first-order valence-corrected chi connectivity index (χ1v) is 9.03. The smallest absolute Gasteiger partial charge is 0.261 e. The third-order valence-corrected chi connectivity index (χ3v) is 5.08. The number of carbonyl (C=O) groups excluding carboxylic acids is 1. The molecule has 110 valence electrons. The number of hydrogen-bond donors (Lipinski definition) is 1. The zero-order valence-electron chi connectivity index (χ0n) is 11.3. The molecule has 2 rings (SSSR count). The maximum atomic E-state index is 12.1. The molecule has 0 atom stereocenters. The molecule has 1 saturated carbocycles. The van der Waals surface area contributed by atoms with Crippen LogP contribution in [0.5, 0.6) is 0 Å². The summed E-state index contributed by atoms with van der Waals surface area (Å²) in [5.74, 6) is 0.472. The Kier molecular flexibility index (Phi) is 4.70. The molecule has 0 heterocycles. The summed E-state index contributed by atoms with van der Waals surface area (Å²) in [4.78, 5) is 12.1.